The molecule has 1 heterocycles. The second kappa shape index (κ2) is 10.4. The van der Waals surface area contributed by atoms with E-state index in [0.29, 0.717) is 36.5 Å². The normalized spacial score (nSPS) is 10.4. The molecule has 0 saturated heterocycles. The van der Waals surface area contributed by atoms with Gasteiger partial charge in [0.25, 0.3) is 5.91 Å². The summed E-state index contributed by atoms with van der Waals surface area (Å²) in [5, 5.41) is 8.11. The van der Waals surface area contributed by atoms with E-state index >= 15 is 0 Å². The lowest BCUT2D eigenvalue weighted by Gasteiger charge is -2.09. The summed E-state index contributed by atoms with van der Waals surface area (Å²) in [5.41, 5.74) is 2.44. The monoisotopic (exact) mass is 409 g/mol. The lowest BCUT2D eigenvalue weighted by atomic mass is 10.1. The van der Waals surface area contributed by atoms with E-state index in [0.717, 1.165) is 17.0 Å². The van der Waals surface area contributed by atoms with E-state index in [2.05, 4.69) is 15.6 Å². The van der Waals surface area contributed by atoms with Gasteiger partial charge in [-0.3, -0.25) is 14.9 Å². The molecule has 0 bridgehead atoms. The van der Waals surface area contributed by atoms with Crippen molar-refractivity contribution in [2.45, 2.75) is 19.3 Å². The van der Waals surface area contributed by atoms with Crippen LogP contribution in [-0.4, -0.2) is 30.5 Å². The first-order chi connectivity index (χ1) is 14.2. The highest BCUT2D eigenvalue weighted by Crippen LogP contribution is 2.18. The lowest BCUT2D eigenvalue weighted by molar-refractivity contribution is -0.121. The van der Waals surface area contributed by atoms with E-state index in [1.807, 2.05) is 47.8 Å². The van der Waals surface area contributed by atoms with Gasteiger partial charge in [-0.25, -0.2) is 4.98 Å². The van der Waals surface area contributed by atoms with Gasteiger partial charge in [0, 0.05) is 23.9 Å². The zero-order chi connectivity index (χ0) is 20.5. The molecule has 0 aliphatic heterocycles. The summed E-state index contributed by atoms with van der Waals surface area (Å²) in [7, 11) is 1.64. The molecule has 0 atom stereocenters. The predicted molar refractivity (Wildman–Crippen MR) is 115 cm³/mol. The van der Waals surface area contributed by atoms with Gasteiger partial charge in [0.1, 0.15) is 5.75 Å². The first-order valence-electron chi connectivity index (χ1n) is 9.35. The number of anilines is 1. The summed E-state index contributed by atoms with van der Waals surface area (Å²) in [6, 6.07) is 16.8. The highest BCUT2D eigenvalue weighted by Gasteiger charge is 2.10. The van der Waals surface area contributed by atoms with Crippen molar-refractivity contribution in [2.75, 3.05) is 19.0 Å². The number of hydrogen-bond acceptors (Lipinski definition) is 5. The number of nitrogens with zero attached hydrogens (tertiary/aromatic N) is 1. The molecular weight excluding hydrogens is 386 g/mol. The van der Waals surface area contributed by atoms with Crippen molar-refractivity contribution in [1.82, 2.24) is 10.3 Å². The average molecular weight is 410 g/mol. The number of thiazole rings is 1. The number of amides is 2. The van der Waals surface area contributed by atoms with Crippen LogP contribution in [0.2, 0.25) is 0 Å². The molecule has 1 aromatic heterocycles. The molecule has 3 rings (SSSR count). The maximum atomic E-state index is 12.2. The van der Waals surface area contributed by atoms with Gasteiger partial charge in [-0.2, -0.15) is 0 Å². The van der Waals surface area contributed by atoms with Crippen LogP contribution in [0.3, 0.4) is 0 Å². The molecule has 2 amide bonds. The average Bonchev–Trinajstić information content (AvgIpc) is 3.20. The summed E-state index contributed by atoms with van der Waals surface area (Å²) in [6.45, 7) is 0.550. The minimum absolute atomic E-state index is 0.0252. The number of carbonyl (C=O) groups excluding carboxylic acids is 2. The summed E-state index contributed by atoms with van der Waals surface area (Å²) < 4.78 is 5.32. The standard InChI is InChI=1S/C22H23N3O3S/c1-28-19-10-6-5-7-16(19)13-14-23-20(26)12-11-18-15-29-22(24-18)25-21(27)17-8-3-2-4-9-17/h2-10,15H,11-14H2,1H3,(H,23,26)(H,24,25,27). The topological polar surface area (TPSA) is 80.3 Å². The highest BCUT2D eigenvalue weighted by molar-refractivity contribution is 7.14. The Morgan fingerprint density at radius 1 is 1.03 bits per heavy atom. The molecule has 29 heavy (non-hydrogen) atoms. The number of aromatic nitrogens is 1. The molecule has 0 aliphatic rings. The number of para-hydroxylation sites is 1. The van der Waals surface area contributed by atoms with Crippen molar-refractivity contribution in [3.63, 3.8) is 0 Å². The summed E-state index contributed by atoms with van der Waals surface area (Å²) in [4.78, 5) is 28.6. The number of rotatable bonds is 9. The number of hydrogen-bond donors (Lipinski definition) is 2. The van der Waals surface area contributed by atoms with Crippen molar-refractivity contribution in [2.24, 2.45) is 0 Å². The molecule has 0 aliphatic carbocycles. The minimum atomic E-state index is -0.194. The molecule has 0 fully saturated rings. The Bertz CT molecular complexity index is 957. The number of carbonyl (C=O) groups is 2. The Morgan fingerprint density at radius 3 is 2.59 bits per heavy atom. The molecule has 0 spiro atoms. The van der Waals surface area contributed by atoms with E-state index in [-0.39, 0.29) is 11.8 Å². The number of benzene rings is 2. The first-order valence-corrected chi connectivity index (χ1v) is 10.2. The Hall–Kier alpha value is -3.19. The maximum Gasteiger partial charge on any atom is 0.257 e. The Morgan fingerprint density at radius 2 is 1.79 bits per heavy atom. The third-order valence-electron chi connectivity index (χ3n) is 4.33. The van der Waals surface area contributed by atoms with Gasteiger partial charge in [0.15, 0.2) is 5.13 Å². The van der Waals surface area contributed by atoms with Crippen molar-refractivity contribution >= 4 is 28.3 Å². The molecule has 0 saturated carbocycles. The molecule has 3 aromatic rings. The molecule has 7 heteroatoms. The molecule has 150 valence electrons. The fraction of sp³-hybridized carbons (Fsp3) is 0.227. The van der Waals surface area contributed by atoms with E-state index in [1.54, 1.807) is 19.2 Å². The zero-order valence-corrected chi connectivity index (χ0v) is 17.0. The third-order valence-corrected chi connectivity index (χ3v) is 5.13. The number of methoxy groups -OCH3 is 1. The van der Waals surface area contributed by atoms with Gasteiger partial charge in [0.2, 0.25) is 5.91 Å². The first kappa shape index (κ1) is 20.5. The molecule has 0 unspecified atom stereocenters. The van der Waals surface area contributed by atoms with Crippen LogP contribution in [0.15, 0.2) is 60.0 Å². The predicted octanol–water partition coefficient (Wildman–Crippen LogP) is 3.70. The minimum Gasteiger partial charge on any atom is -0.496 e. The van der Waals surface area contributed by atoms with Crippen LogP contribution in [0.25, 0.3) is 0 Å². The van der Waals surface area contributed by atoms with Crippen LogP contribution in [0, 0.1) is 0 Å². The lowest BCUT2D eigenvalue weighted by Crippen LogP contribution is -2.26. The molecule has 6 nitrogen and oxygen atoms in total. The number of nitrogens with one attached hydrogen (secondary N) is 2. The van der Waals surface area contributed by atoms with Gasteiger partial charge in [-0.05, 0) is 36.6 Å². The molecule has 2 N–H and O–H groups in total. The number of aryl methyl sites for hydroxylation is 1. The molecule has 0 radical (unpaired) electrons. The van der Waals surface area contributed by atoms with Crippen LogP contribution < -0.4 is 15.4 Å². The largest absolute Gasteiger partial charge is 0.496 e. The fourth-order valence-corrected chi connectivity index (χ4v) is 3.55. The van der Waals surface area contributed by atoms with Gasteiger partial charge >= 0.3 is 0 Å². The van der Waals surface area contributed by atoms with E-state index in [1.165, 1.54) is 11.3 Å². The van der Waals surface area contributed by atoms with E-state index in [4.69, 9.17) is 4.74 Å². The third kappa shape index (κ3) is 6.15. The fourth-order valence-electron chi connectivity index (χ4n) is 2.81. The zero-order valence-electron chi connectivity index (χ0n) is 16.2. The van der Waals surface area contributed by atoms with E-state index < -0.39 is 0 Å². The van der Waals surface area contributed by atoms with Crippen LogP contribution in [0.5, 0.6) is 5.75 Å². The van der Waals surface area contributed by atoms with Crippen molar-refractivity contribution in [3.05, 3.63) is 76.8 Å². The number of ether oxygens (including phenoxy) is 1. The van der Waals surface area contributed by atoms with Crippen molar-refractivity contribution in [3.8, 4) is 5.75 Å². The van der Waals surface area contributed by atoms with Gasteiger partial charge in [-0.1, -0.05) is 36.4 Å². The Labute approximate surface area is 173 Å². The Kier molecular flexibility index (Phi) is 7.35. The maximum absolute atomic E-state index is 12.2. The second-order valence-corrected chi connectivity index (χ2v) is 7.23. The van der Waals surface area contributed by atoms with Crippen LogP contribution in [-0.2, 0) is 17.6 Å². The van der Waals surface area contributed by atoms with E-state index in [9.17, 15) is 9.59 Å². The van der Waals surface area contributed by atoms with Gasteiger partial charge in [0.05, 0.1) is 12.8 Å². The smallest absolute Gasteiger partial charge is 0.257 e. The summed E-state index contributed by atoms with van der Waals surface area (Å²) in [6.07, 6.45) is 1.59. The summed E-state index contributed by atoms with van der Waals surface area (Å²) in [5.74, 6) is 0.609. The quantitative estimate of drug-likeness (QED) is 0.565. The second-order valence-electron chi connectivity index (χ2n) is 6.38. The van der Waals surface area contributed by atoms with Crippen LogP contribution in [0.1, 0.15) is 28.0 Å². The van der Waals surface area contributed by atoms with Gasteiger partial charge < -0.3 is 10.1 Å². The van der Waals surface area contributed by atoms with Crippen molar-refractivity contribution in [1.29, 1.82) is 0 Å². The van der Waals surface area contributed by atoms with Crippen molar-refractivity contribution < 1.29 is 14.3 Å². The van der Waals surface area contributed by atoms with Crippen LogP contribution in [0.4, 0.5) is 5.13 Å². The van der Waals surface area contributed by atoms with Crippen LogP contribution >= 0.6 is 11.3 Å². The molecule has 2 aromatic carbocycles. The Balaban J connectivity index is 1.41. The highest BCUT2D eigenvalue weighted by atomic mass is 32.1. The molecular formula is C22H23N3O3S. The SMILES string of the molecule is COc1ccccc1CCNC(=O)CCc1csc(NC(=O)c2ccccc2)n1. The van der Waals surface area contributed by atoms with Gasteiger partial charge in [-0.15, -0.1) is 11.3 Å². The summed E-state index contributed by atoms with van der Waals surface area (Å²) >= 11 is 1.35.